The van der Waals surface area contributed by atoms with Gasteiger partial charge < -0.3 is 14.6 Å². The van der Waals surface area contributed by atoms with Crippen LogP contribution in [0.25, 0.3) is 0 Å². The fourth-order valence-electron chi connectivity index (χ4n) is 0.653. The third-order valence-electron chi connectivity index (χ3n) is 1.16. The van der Waals surface area contributed by atoms with Gasteiger partial charge in [0.15, 0.2) is 0 Å². The normalized spacial score (nSPS) is 12.6. The Morgan fingerprint density at radius 2 is 1.47 bits per heavy atom. The standard InChI is InChI=1S/C6H4F6O5/c7-5(8,9)3(6(10,11)12)16-1-2(13)17-4(14)15/h3H,1H2,(H,14,15). The first-order valence-corrected chi connectivity index (χ1v) is 3.63. The maximum Gasteiger partial charge on any atom is 0.513 e. The minimum atomic E-state index is -5.78. The van der Waals surface area contributed by atoms with E-state index in [1.54, 1.807) is 0 Å². The van der Waals surface area contributed by atoms with Crippen molar-refractivity contribution in [3.8, 4) is 0 Å². The quantitative estimate of drug-likeness (QED) is 0.480. The number of carbonyl (C=O) groups is 2. The number of alkyl halides is 6. The van der Waals surface area contributed by atoms with Crippen LogP contribution in [0.1, 0.15) is 0 Å². The molecule has 100 valence electrons. The summed E-state index contributed by atoms with van der Waals surface area (Å²) in [7, 11) is 0. The Hall–Kier alpha value is -1.52. The van der Waals surface area contributed by atoms with Crippen LogP contribution in [-0.4, -0.2) is 42.3 Å². The van der Waals surface area contributed by atoms with Crippen molar-refractivity contribution >= 4 is 12.1 Å². The molecule has 5 nitrogen and oxygen atoms in total. The van der Waals surface area contributed by atoms with Crippen LogP contribution in [0.15, 0.2) is 0 Å². The molecule has 1 N–H and O–H groups in total. The van der Waals surface area contributed by atoms with Gasteiger partial charge in [-0.25, -0.2) is 9.59 Å². The fraction of sp³-hybridized carbons (Fsp3) is 0.667. The molecule has 0 rings (SSSR count). The number of hydrogen-bond acceptors (Lipinski definition) is 4. The number of halogens is 6. The number of carboxylic acid groups (broad SMARTS) is 1. The number of ether oxygens (including phenoxy) is 2. The lowest BCUT2D eigenvalue weighted by Crippen LogP contribution is -2.45. The average molecular weight is 270 g/mol. The van der Waals surface area contributed by atoms with E-state index >= 15 is 0 Å². The molecule has 0 aromatic rings. The summed E-state index contributed by atoms with van der Waals surface area (Å²) in [5, 5.41) is 7.83. The summed E-state index contributed by atoms with van der Waals surface area (Å²) in [5.74, 6) is -1.89. The summed E-state index contributed by atoms with van der Waals surface area (Å²) < 4.78 is 77.4. The van der Waals surface area contributed by atoms with E-state index in [9.17, 15) is 35.9 Å². The number of rotatable bonds is 3. The van der Waals surface area contributed by atoms with Crippen LogP contribution >= 0.6 is 0 Å². The molecule has 0 fully saturated rings. The van der Waals surface area contributed by atoms with Gasteiger partial charge in [0.2, 0.25) is 6.10 Å². The molecule has 17 heavy (non-hydrogen) atoms. The predicted octanol–water partition coefficient (Wildman–Crippen LogP) is 1.72. The molecule has 0 aromatic heterocycles. The lowest BCUT2D eigenvalue weighted by molar-refractivity contribution is -0.320. The van der Waals surface area contributed by atoms with Gasteiger partial charge in [0.05, 0.1) is 0 Å². The van der Waals surface area contributed by atoms with Crippen molar-refractivity contribution in [2.24, 2.45) is 0 Å². The van der Waals surface area contributed by atoms with Crippen LogP contribution in [0, 0.1) is 0 Å². The van der Waals surface area contributed by atoms with Crippen LogP contribution in [0.2, 0.25) is 0 Å². The van der Waals surface area contributed by atoms with Gasteiger partial charge in [0.25, 0.3) is 0 Å². The molecule has 0 atom stereocenters. The predicted molar refractivity (Wildman–Crippen MR) is 36.0 cm³/mol. The Labute approximate surface area is 88.9 Å². The molecule has 0 aliphatic heterocycles. The van der Waals surface area contributed by atoms with Crippen LogP contribution < -0.4 is 0 Å². The lowest BCUT2D eigenvalue weighted by atomic mass is 10.3. The van der Waals surface area contributed by atoms with Crippen LogP contribution in [-0.2, 0) is 14.3 Å². The van der Waals surface area contributed by atoms with E-state index in [1.807, 2.05) is 0 Å². The van der Waals surface area contributed by atoms with Gasteiger partial charge >= 0.3 is 24.5 Å². The highest BCUT2D eigenvalue weighted by Gasteiger charge is 2.58. The Kier molecular flexibility index (Phi) is 4.74. The summed E-state index contributed by atoms with van der Waals surface area (Å²) in [5.41, 5.74) is 0. The third-order valence-corrected chi connectivity index (χ3v) is 1.16. The molecule has 11 heteroatoms. The molecule has 0 spiro atoms. The topological polar surface area (TPSA) is 72.8 Å². The molecule has 0 amide bonds. The van der Waals surface area contributed by atoms with Crippen LogP contribution in [0.4, 0.5) is 31.1 Å². The van der Waals surface area contributed by atoms with Gasteiger partial charge in [-0.15, -0.1) is 0 Å². The van der Waals surface area contributed by atoms with Crippen LogP contribution in [0.3, 0.4) is 0 Å². The van der Waals surface area contributed by atoms with Crippen LogP contribution in [0.5, 0.6) is 0 Å². The van der Waals surface area contributed by atoms with E-state index < -0.39 is 37.2 Å². The van der Waals surface area contributed by atoms with Gasteiger partial charge in [-0.3, -0.25) is 0 Å². The molecule has 0 aliphatic rings. The Balaban J connectivity index is 4.49. The SMILES string of the molecule is O=C(O)OC(=O)COC(C(F)(F)F)C(F)(F)F. The van der Waals surface area contributed by atoms with Crippen molar-refractivity contribution in [2.75, 3.05) is 6.61 Å². The van der Waals surface area contributed by atoms with E-state index in [1.165, 1.54) is 0 Å². The summed E-state index contributed by atoms with van der Waals surface area (Å²) in [6.45, 7) is -1.80. The van der Waals surface area contributed by atoms with Crippen molar-refractivity contribution < 1.29 is 50.5 Å². The number of carbonyl (C=O) groups excluding carboxylic acids is 1. The van der Waals surface area contributed by atoms with Crippen molar-refractivity contribution in [1.82, 2.24) is 0 Å². The maximum absolute atomic E-state index is 11.8. The van der Waals surface area contributed by atoms with Gasteiger partial charge in [0, 0.05) is 0 Å². The maximum atomic E-state index is 11.8. The minimum Gasteiger partial charge on any atom is -0.449 e. The van der Waals surface area contributed by atoms with Crippen molar-refractivity contribution in [3.63, 3.8) is 0 Å². The van der Waals surface area contributed by atoms with E-state index in [0.29, 0.717) is 0 Å². The average Bonchev–Trinajstić information content (AvgIpc) is 1.96. The highest BCUT2D eigenvalue weighted by atomic mass is 19.4. The zero-order chi connectivity index (χ0) is 13.9. The van der Waals surface area contributed by atoms with Crippen molar-refractivity contribution in [1.29, 1.82) is 0 Å². The van der Waals surface area contributed by atoms with Gasteiger partial charge in [-0.05, 0) is 0 Å². The molecular formula is C6H4F6O5. The molecule has 0 aromatic carbocycles. The van der Waals surface area contributed by atoms with E-state index in [2.05, 4.69) is 9.47 Å². The largest absolute Gasteiger partial charge is 0.513 e. The van der Waals surface area contributed by atoms with E-state index in [0.717, 1.165) is 0 Å². The van der Waals surface area contributed by atoms with Gasteiger partial charge in [0.1, 0.15) is 6.61 Å². The number of esters is 1. The summed E-state index contributed by atoms with van der Waals surface area (Å²) in [4.78, 5) is 20.1. The second kappa shape index (κ2) is 5.21. The third kappa shape index (κ3) is 5.94. The fourth-order valence-corrected chi connectivity index (χ4v) is 0.653. The highest BCUT2D eigenvalue weighted by Crippen LogP contribution is 2.35. The van der Waals surface area contributed by atoms with Gasteiger partial charge in [-0.1, -0.05) is 0 Å². The smallest absolute Gasteiger partial charge is 0.449 e. The van der Waals surface area contributed by atoms with Crippen molar-refractivity contribution in [2.45, 2.75) is 18.5 Å². The Morgan fingerprint density at radius 3 is 1.76 bits per heavy atom. The van der Waals surface area contributed by atoms with Crippen molar-refractivity contribution in [3.05, 3.63) is 0 Å². The Bertz CT molecular complexity index is 280. The highest BCUT2D eigenvalue weighted by molar-refractivity contribution is 5.81. The summed E-state index contributed by atoms with van der Waals surface area (Å²) in [6.07, 6.45) is -17.9. The first kappa shape index (κ1) is 15.5. The molecule has 0 unspecified atom stereocenters. The zero-order valence-electron chi connectivity index (χ0n) is 7.63. The molecule has 0 heterocycles. The molecule has 0 saturated heterocycles. The molecule has 0 bridgehead atoms. The van der Waals surface area contributed by atoms with Gasteiger partial charge in [-0.2, -0.15) is 26.3 Å². The first-order valence-electron chi connectivity index (χ1n) is 3.63. The summed E-state index contributed by atoms with van der Waals surface area (Å²) in [6, 6.07) is 0. The van der Waals surface area contributed by atoms with E-state index in [4.69, 9.17) is 5.11 Å². The molecule has 0 aliphatic carbocycles. The Morgan fingerprint density at radius 1 is 1.06 bits per heavy atom. The second-order valence-electron chi connectivity index (χ2n) is 2.51. The monoisotopic (exact) mass is 270 g/mol. The number of hydrogen-bond donors (Lipinski definition) is 1. The lowest BCUT2D eigenvalue weighted by Gasteiger charge is -2.22. The minimum absolute atomic E-state index is 1.80. The second-order valence-corrected chi connectivity index (χ2v) is 2.51. The zero-order valence-corrected chi connectivity index (χ0v) is 7.63. The molecule has 0 radical (unpaired) electrons. The first-order chi connectivity index (χ1) is 7.44. The molecular weight excluding hydrogens is 266 g/mol. The summed E-state index contributed by atoms with van der Waals surface area (Å²) >= 11 is 0. The van der Waals surface area contributed by atoms with E-state index in [-0.39, 0.29) is 0 Å². The molecule has 0 saturated carbocycles.